The molecule has 0 radical (unpaired) electrons. The number of nitrogens with two attached hydrogens (primary N) is 1. The SMILES string of the molecule is COCCN(C)CCCN=C(N)Nc1cccc(Oc2ccccc2)c1. The largest absolute Gasteiger partial charge is 0.457 e. The van der Waals surface area contributed by atoms with Crippen molar-refractivity contribution in [3.63, 3.8) is 0 Å². The Morgan fingerprint density at radius 1 is 1.08 bits per heavy atom. The number of aliphatic imine (C=N–C) groups is 1. The zero-order valence-electron chi connectivity index (χ0n) is 15.5. The Bertz CT molecular complexity index is 677. The highest BCUT2D eigenvalue weighted by molar-refractivity contribution is 5.92. The lowest BCUT2D eigenvalue weighted by Gasteiger charge is -2.15. The normalized spacial score (nSPS) is 11.6. The van der Waals surface area contributed by atoms with Gasteiger partial charge in [-0.3, -0.25) is 4.99 Å². The fourth-order valence-electron chi connectivity index (χ4n) is 2.35. The van der Waals surface area contributed by atoms with Crippen molar-refractivity contribution in [3.05, 3.63) is 54.6 Å². The number of para-hydroxylation sites is 1. The maximum absolute atomic E-state index is 5.97. The van der Waals surface area contributed by atoms with Crippen molar-refractivity contribution in [1.29, 1.82) is 0 Å². The first-order valence-corrected chi connectivity index (χ1v) is 8.75. The van der Waals surface area contributed by atoms with E-state index in [0.717, 1.165) is 43.3 Å². The average molecular weight is 356 g/mol. The maximum Gasteiger partial charge on any atom is 0.193 e. The van der Waals surface area contributed by atoms with Gasteiger partial charge in [0.1, 0.15) is 11.5 Å². The molecule has 0 aliphatic carbocycles. The van der Waals surface area contributed by atoms with Crippen LogP contribution >= 0.6 is 0 Å². The van der Waals surface area contributed by atoms with Gasteiger partial charge in [-0.1, -0.05) is 24.3 Å². The van der Waals surface area contributed by atoms with E-state index in [9.17, 15) is 0 Å². The molecule has 2 aromatic rings. The quantitative estimate of drug-likeness (QED) is 0.389. The highest BCUT2D eigenvalue weighted by Crippen LogP contribution is 2.23. The van der Waals surface area contributed by atoms with E-state index in [-0.39, 0.29) is 0 Å². The smallest absolute Gasteiger partial charge is 0.193 e. The predicted octanol–water partition coefficient (Wildman–Crippen LogP) is 3.17. The van der Waals surface area contributed by atoms with E-state index in [1.807, 2.05) is 54.6 Å². The molecule has 0 heterocycles. The summed E-state index contributed by atoms with van der Waals surface area (Å²) in [5, 5.41) is 3.10. The van der Waals surface area contributed by atoms with E-state index in [4.69, 9.17) is 15.2 Å². The van der Waals surface area contributed by atoms with Gasteiger partial charge in [0.25, 0.3) is 0 Å². The van der Waals surface area contributed by atoms with Gasteiger partial charge in [-0.2, -0.15) is 0 Å². The minimum Gasteiger partial charge on any atom is -0.457 e. The summed E-state index contributed by atoms with van der Waals surface area (Å²) in [6.45, 7) is 3.30. The molecule has 0 aliphatic heterocycles. The van der Waals surface area contributed by atoms with Crippen LogP contribution in [0.4, 0.5) is 5.69 Å². The molecule has 3 N–H and O–H groups in total. The van der Waals surface area contributed by atoms with Crippen LogP contribution in [0.3, 0.4) is 0 Å². The van der Waals surface area contributed by atoms with Crippen molar-refractivity contribution in [2.75, 3.05) is 45.7 Å². The highest BCUT2D eigenvalue weighted by atomic mass is 16.5. The first-order chi connectivity index (χ1) is 12.7. The number of rotatable bonds is 10. The van der Waals surface area contributed by atoms with Crippen LogP contribution < -0.4 is 15.8 Å². The number of guanidine groups is 1. The Morgan fingerprint density at radius 3 is 2.62 bits per heavy atom. The molecule has 0 atom stereocenters. The standard InChI is InChI=1S/C20H28N4O2/c1-24(14-15-25-2)13-7-12-22-20(21)23-17-8-6-11-19(16-17)26-18-9-4-3-5-10-18/h3-6,8-11,16H,7,12-15H2,1-2H3,(H3,21,22,23). The molecule has 2 aromatic carbocycles. The number of nitrogens with zero attached hydrogens (tertiary/aromatic N) is 2. The first-order valence-electron chi connectivity index (χ1n) is 8.75. The number of anilines is 1. The number of likely N-dealkylation sites (N-methyl/N-ethyl adjacent to an activating group) is 1. The number of methoxy groups -OCH3 is 1. The summed E-state index contributed by atoms with van der Waals surface area (Å²) in [6.07, 6.45) is 0.944. The molecule has 26 heavy (non-hydrogen) atoms. The zero-order valence-corrected chi connectivity index (χ0v) is 15.5. The fraction of sp³-hybridized carbons (Fsp3) is 0.350. The summed E-state index contributed by atoms with van der Waals surface area (Å²) in [5.41, 5.74) is 6.81. The summed E-state index contributed by atoms with van der Waals surface area (Å²) >= 11 is 0. The summed E-state index contributed by atoms with van der Waals surface area (Å²) in [4.78, 5) is 6.59. The second kappa shape index (κ2) is 11.1. The number of hydrogen-bond acceptors (Lipinski definition) is 4. The van der Waals surface area contributed by atoms with Gasteiger partial charge < -0.3 is 25.4 Å². The van der Waals surface area contributed by atoms with Crippen molar-refractivity contribution < 1.29 is 9.47 Å². The Labute approximate surface area is 155 Å². The van der Waals surface area contributed by atoms with E-state index in [0.29, 0.717) is 12.5 Å². The number of hydrogen-bond donors (Lipinski definition) is 2. The summed E-state index contributed by atoms with van der Waals surface area (Å²) in [6, 6.07) is 17.3. The van der Waals surface area contributed by atoms with Crippen LogP contribution in [0.5, 0.6) is 11.5 Å². The summed E-state index contributed by atoms with van der Waals surface area (Å²) in [5.74, 6) is 1.94. The van der Waals surface area contributed by atoms with Crippen LogP contribution in [0.15, 0.2) is 59.6 Å². The Balaban J connectivity index is 1.79. The van der Waals surface area contributed by atoms with Gasteiger partial charge in [-0.25, -0.2) is 0 Å². The molecule has 0 unspecified atom stereocenters. The Morgan fingerprint density at radius 2 is 1.85 bits per heavy atom. The van der Waals surface area contributed by atoms with E-state index >= 15 is 0 Å². The monoisotopic (exact) mass is 356 g/mol. The van der Waals surface area contributed by atoms with E-state index < -0.39 is 0 Å². The van der Waals surface area contributed by atoms with Gasteiger partial charge in [-0.05, 0) is 44.3 Å². The summed E-state index contributed by atoms with van der Waals surface area (Å²) < 4.78 is 10.9. The fourth-order valence-corrected chi connectivity index (χ4v) is 2.35. The lowest BCUT2D eigenvalue weighted by molar-refractivity contribution is 0.161. The van der Waals surface area contributed by atoms with E-state index in [1.54, 1.807) is 7.11 Å². The molecular weight excluding hydrogens is 328 g/mol. The highest BCUT2D eigenvalue weighted by Gasteiger charge is 2.01. The van der Waals surface area contributed by atoms with Crippen LogP contribution in [-0.2, 0) is 4.74 Å². The molecule has 0 aliphatic rings. The van der Waals surface area contributed by atoms with Gasteiger partial charge in [0.05, 0.1) is 6.61 Å². The molecule has 6 heteroatoms. The number of benzene rings is 2. The second-order valence-electron chi connectivity index (χ2n) is 5.98. The molecule has 0 spiro atoms. The zero-order chi connectivity index (χ0) is 18.6. The van der Waals surface area contributed by atoms with E-state index in [2.05, 4.69) is 22.3 Å². The predicted molar refractivity (Wildman–Crippen MR) is 107 cm³/mol. The van der Waals surface area contributed by atoms with Gasteiger partial charge in [0.2, 0.25) is 0 Å². The molecule has 0 fully saturated rings. The maximum atomic E-state index is 5.97. The van der Waals surface area contributed by atoms with Crippen LogP contribution in [0.2, 0.25) is 0 Å². The van der Waals surface area contributed by atoms with Crippen LogP contribution in [0, 0.1) is 0 Å². The third-order valence-electron chi connectivity index (χ3n) is 3.74. The molecule has 0 saturated carbocycles. The third kappa shape index (κ3) is 7.55. The molecule has 0 aromatic heterocycles. The molecule has 0 amide bonds. The molecule has 0 bridgehead atoms. The number of nitrogens with one attached hydrogen (secondary N) is 1. The topological polar surface area (TPSA) is 72.1 Å². The molecule has 2 rings (SSSR count). The van der Waals surface area contributed by atoms with Crippen LogP contribution in [-0.4, -0.2) is 51.3 Å². The summed E-state index contributed by atoms with van der Waals surface area (Å²) in [7, 11) is 3.78. The van der Waals surface area contributed by atoms with Crippen LogP contribution in [0.25, 0.3) is 0 Å². The minimum absolute atomic E-state index is 0.404. The van der Waals surface area contributed by atoms with Crippen molar-refractivity contribution in [3.8, 4) is 11.5 Å². The lowest BCUT2D eigenvalue weighted by Crippen LogP contribution is -2.25. The van der Waals surface area contributed by atoms with E-state index in [1.165, 1.54) is 0 Å². The third-order valence-corrected chi connectivity index (χ3v) is 3.74. The second-order valence-corrected chi connectivity index (χ2v) is 5.98. The molecular formula is C20H28N4O2. The van der Waals surface area contributed by atoms with Gasteiger partial charge in [0.15, 0.2) is 5.96 Å². The molecule has 140 valence electrons. The Hall–Kier alpha value is -2.57. The van der Waals surface area contributed by atoms with Gasteiger partial charge in [0, 0.05) is 32.0 Å². The van der Waals surface area contributed by atoms with Crippen molar-refractivity contribution in [2.24, 2.45) is 10.7 Å². The number of ether oxygens (including phenoxy) is 2. The minimum atomic E-state index is 0.404. The van der Waals surface area contributed by atoms with Crippen molar-refractivity contribution in [1.82, 2.24) is 4.90 Å². The molecule has 0 saturated heterocycles. The van der Waals surface area contributed by atoms with Gasteiger partial charge >= 0.3 is 0 Å². The van der Waals surface area contributed by atoms with Crippen molar-refractivity contribution >= 4 is 11.6 Å². The molecule has 6 nitrogen and oxygen atoms in total. The lowest BCUT2D eigenvalue weighted by atomic mass is 10.3. The van der Waals surface area contributed by atoms with Crippen molar-refractivity contribution in [2.45, 2.75) is 6.42 Å². The Kier molecular flexibility index (Phi) is 8.45. The first kappa shape index (κ1) is 19.8. The van der Waals surface area contributed by atoms with Crippen LogP contribution in [0.1, 0.15) is 6.42 Å². The van der Waals surface area contributed by atoms with Gasteiger partial charge in [-0.15, -0.1) is 0 Å². The average Bonchev–Trinajstić information content (AvgIpc) is 2.64.